The van der Waals surface area contributed by atoms with Crippen LogP contribution in [0.25, 0.3) is 0 Å². The van der Waals surface area contributed by atoms with Crippen LogP contribution in [0.3, 0.4) is 0 Å². The Morgan fingerprint density at radius 2 is 1.96 bits per heavy atom. The van der Waals surface area contributed by atoms with Gasteiger partial charge in [-0.2, -0.15) is 0 Å². The van der Waals surface area contributed by atoms with Gasteiger partial charge in [-0.05, 0) is 57.1 Å². The number of hydrogen-bond donors (Lipinski definition) is 0. The minimum atomic E-state index is -0.0202. The highest BCUT2D eigenvalue weighted by Gasteiger charge is 2.41. The van der Waals surface area contributed by atoms with E-state index >= 15 is 0 Å². The topological polar surface area (TPSA) is 34.0 Å². The summed E-state index contributed by atoms with van der Waals surface area (Å²) in [5.41, 5.74) is 3.34. The van der Waals surface area contributed by atoms with Gasteiger partial charge in [0.25, 0.3) is 0 Å². The summed E-state index contributed by atoms with van der Waals surface area (Å²) >= 11 is 0. The van der Waals surface area contributed by atoms with Crippen molar-refractivity contribution in [3.63, 3.8) is 0 Å². The summed E-state index contributed by atoms with van der Waals surface area (Å²) in [6.07, 6.45) is 6.38. The highest BCUT2D eigenvalue weighted by Crippen LogP contribution is 2.42. The molecule has 0 aromatic rings. The lowest BCUT2D eigenvalue weighted by atomic mass is 9.69. The minimum absolute atomic E-state index is 0.0202. The Hall–Kier alpha value is -1.38. The average Bonchev–Trinajstić information content (AvgIpc) is 2.54. The molecule has 3 nitrogen and oxygen atoms in total. The maximum Gasteiger partial charge on any atom is 0.146 e. The number of ether oxygens (including phenoxy) is 1. The lowest BCUT2D eigenvalue weighted by molar-refractivity contribution is 0.227. The molecule has 128 valence electrons. The van der Waals surface area contributed by atoms with Crippen LogP contribution in [-0.4, -0.2) is 29.6 Å². The summed E-state index contributed by atoms with van der Waals surface area (Å²) in [5.74, 6) is 1.86. The lowest BCUT2D eigenvalue weighted by Gasteiger charge is -2.42. The fraction of sp³-hybridized carbons (Fsp3) is 0.700. The molecule has 0 saturated heterocycles. The molecule has 1 aliphatic heterocycles. The van der Waals surface area contributed by atoms with Gasteiger partial charge < -0.3 is 4.74 Å². The summed E-state index contributed by atoms with van der Waals surface area (Å²) in [4.78, 5) is 9.94. The quantitative estimate of drug-likeness (QED) is 0.658. The standard InChI is InChI=1S/C20H32N2O/c1-8-13(4)21-16-11-17-14(5)15(6)20(7,9-2)22-19(17)18(12-16)23-10-3/h11-15H,8-10H2,1-7H3/t13-,14?,15?,20?/m1/s1. The highest BCUT2D eigenvalue weighted by atomic mass is 16.5. The van der Waals surface area contributed by atoms with Gasteiger partial charge in [0.15, 0.2) is 0 Å². The van der Waals surface area contributed by atoms with E-state index in [4.69, 9.17) is 14.7 Å². The number of aliphatic imine (C=N–C) groups is 2. The first kappa shape index (κ1) is 18.0. The lowest BCUT2D eigenvalue weighted by Crippen LogP contribution is -2.43. The number of hydrogen-bond acceptors (Lipinski definition) is 3. The van der Waals surface area contributed by atoms with E-state index in [9.17, 15) is 0 Å². The van der Waals surface area contributed by atoms with Crippen LogP contribution in [-0.2, 0) is 4.74 Å². The van der Waals surface area contributed by atoms with Gasteiger partial charge in [0.2, 0.25) is 0 Å². The minimum Gasteiger partial charge on any atom is -0.492 e. The van der Waals surface area contributed by atoms with Crippen LogP contribution in [0.5, 0.6) is 0 Å². The third-order valence-corrected chi connectivity index (χ3v) is 5.65. The van der Waals surface area contributed by atoms with Crippen molar-refractivity contribution in [2.24, 2.45) is 21.8 Å². The monoisotopic (exact) mass is 316 g/mol. The molecule has 0 saturated carbocycles. The molecule has 0 amide bonds. The predicted molar refractivity (Wildman–Crippen MR) is 99.4 cm³/mol. The molecule has 0 radical (unpaired) electrons. The van der Waals surface area contributed by atoms with Crippen LogP contribution >= 0.6 is 0 Å². The first-order valence-corrected chi connectivity index (χ1v) is 9.10. The molecular formula is C20H32N2O. The van der Waals surface area contributed by atoms with Gasteiger partial charge in [0.05, 0.1) is 17.9 Å². The van der Waals surface area contributed by atoms with Crippen LogP contribution in [0.15, 0.2) is 33.5 Å². The van der Waals surface area contributed by atoms with E-state index in [-0.39, 0.29) is 5.54 Å². The molecule has 2 rings (SSSR count). The summed E-state index contributed by atoms with van der Waals surface area (Å²) in [5, 5.41) is 0. The summed E-state index contributed by atoms with van der Waals surface area (Å²) < 4.78 is 5.93. The van der Waals surface area contributed by atoms with Crippen molar-refractivity contribution in [1.29, 1.82) is 0 Å². The van der Waals surface area contributed by atoms with Gasteiger partial charge in [-0.1, -0.05) is 27.7 Å². The fourth-order valence-electron chi connectivity index (χ4n) is 3.33. The van der Waals surface area contributed by atoms with Crippen LogP contribution < -0.4 is 0 Å². The molecule has 0 fully saturated rings. The van der Waals surface area contributed by atoms with Gasteiger partial charge in [-0.25, -0.2) is 0 Å². The number of allylic oxidation sites excluding steroid dienone is 3. The Morgan fingerprint density at radius 1 is 1.26 bits per heavy atom. The Bertz CT molecular complexity index is 570. The maximum absolute atomic E-state index is 5.93. The second-order valence-electron chi connectivity index (χ2n) is 7.10. The van der Waals surface area contributed by atoms with E-state index in [1.807, 2.05) is 6.92 Å². The van der Waals surface area contributed by atoms with Crippen LogP contribution in [0.1, 0.15) is 61.3 Å². The van der Waals surface area contributed by atoms with Gasteiger partial charge in [-0.15, -0.1) is 0 Å². The summed E-state index contributed by atoms with van der Waals surface area (Å²) in [6, 6.07) is 0.330. The van der Waals surface area contributed by atoms with E-state index in [0.29, 0.717) is 24.5 Å². The molecule has 0 N–H and O–H groups in total. The zero-order chi connectivity index (χ0) is 17.2. The van der Waals surface area contributed by atoms with Gasteiger partial charge in [0, 0.05) is 12.1 Å². The average molecular weight is 316 g/mol. The van der Waals surface area contributed by atoms with Crippen molar-refractivity contribution in [1.82, 2.24) is 0 Å². The molecule has 0 spiro atoms. The molecule has 2 aliphatic rings. The fourth-order valence-corrected chi connectivity index (χ4v) is 3.33. The van der Waals surface area contributed by atoms with Crippen molar-refractivity contribution < 1.29 is 4.74 Å². The van der Waals surface area contributed by atoms with Crippen molar-refractivity contribution >= 4 is 11.4 Å². The first-order valence-electron chi connectivity index (χ1n) is 9.10. The van der Waals surface area contributed by atoms with E-state index in [0.717, 1.165) is 30.0 Å². The van der Waals surface area contributed by atoms with Crippen LogP contribution in [0.4, 0.5) is 0 Å². The Morgan fingerprint density at radius 3 is 2.52 bits per heavy atom. The second kappa shape index (κ2) is 7.02. The third-order valence-electron chi connectivity index (χ3n) is 5.65. The largest absolute Gasteiger partial charge is 0.492 e. The summed E-state index contributed by atoms with van der Waals surface area (Å²) in [6.45, 7) is 16.1. The Balaban J connectivity index is 2.54. The number of rotatable bonds is 5. The molecule has 0 aromatic carbocycles. The van der Waals surface area contributed by atoms with E-state index < -0.39 is 0 Å². The molecule has 3 heteroatoms. The van der Waals surface area contributed by atoms with Crippen molar-refractivity contribution in [2.75, 3.05) is 6.61 Å². The highest BCUT2D eigenvalue weighted by molar-refractivity contribution is 6.23. The zero-order valence-electron chi connectivity index (χ0n) is 15.8. The van der Waals surface area contributed by atoms with Crippen molar-refractivity contribution in [3.05, 3.63) is 23.5 Å². The summed E-state index contributed by atoms with van der Waals surface area (Å²) in [7, 11) is 0. The van der Waals surface area contributed by atoms with E-state index in [1.54, 1.807) is 0 Å². The predicted octanol–water partition coefficient (Wildman–Crippen LogP) is 4.98. The second-order valence-corrected chi connectivity index (χ2v) is 7.10. The zero-order valence-corrected chi connectivity index (χ0v) is 15.8. The van der Waals surface area contributed by atoms with Gasteiger partial charge in [0.1, 0.15) is 11.5 Å². The normalized spacial score (nSPS) is 33.5. The van der Waals surface area contributed by atoms with E-state index in [1.165, 1.54) is 5.57 Å². The van der Waals surface area contributed by atoms with Gasteiger partial charge in [-0.3, -0.25) is 9.98 Å². The molecule has 0 bridgehead atoms. The molecule has 1 aliphatic carbocycles. The van der Waals surface area contributed by atoms with Crippen LogP contribution in [0.2, 0.25) is 0 Å². The SMILES string of the molecule is CCOC1=CC(=N[C@H](C)CC)C=C2C1=NC(C)(CC)C(C)C2C. The molecule has 23 heavy (non-hydrogen) atoms. The van der Waals surface area contributed by atoms with Crippen molar-refractivity contribution in [3.8, 4) is 0 Å². The Labute approximate surface area is 141 Å². The molecule has 1 heterocycles. The van der Waals surface area contributed by atoms with Gasteiger partial charge >= 0.3 is 0 Å². The molecular weight excluding hydrogens is 284 g/mol. The third kappa shape index (κ3) is 3.44. The maximum atomic E-state index is 5.93. The van der Waals surface area contributed by atoms with Crippen molar-refractivity contribution in [2.45, 2.75) is 72.9 Å². The number of fused-ring (bicyclic) bond motifs is 1. The van der Waals surface area contributed by atoms with E-state index in [2.05, 4.69) is 53.7 Å². The molecule has 4 atom stereocenters. The smallest absolute Gasteiger partial charge is 0.146 e. The van der Waals surface area contributed by atoms with Crippen LogP contribution in [0, 0.1) is 11.8 Å². The number of nitrogens with zero attached hydrogens (tertiary/aromatic N) is 2. The Kier molecular flexibility index (Phi) is 5.49. The molecule has 3 unspecified atom stereocenters. The first-order chi connectivity index (χ1) is 10.9. The molecule has 0 aromatic heterocycles.